The van der Waals surface area contributed by atoms with Crippen LogP contribution >= 0.6 is 11.3 Å². The molecule has 0 bridgehead atoms. The van der Waals surface area contributed by atoms with Crippen LogP contribution in [0.5, 0.6) is 5.75 Å². The fourth-order valence-corrected chi connectivity index (χ4v) is 2.60. The number of anilines is 1. The molecule has 0 fully saturated rings. The van der Waals surface area contributed by atoms with Crippen LogP contribution in [0.25, 0.3) is 0 Å². The van der Waals surface area contributed by atoms with E-state index in [4.69, 9.17) is 4.74 Å². The molecule has 0 atom stereocenters. The first-order valence-electron chi connectivity index (χ1n) is 7.66. The number of nitroso groups, excluding NO2 is 1. The maximum absolute atomic E-state index is 12.5. The molecule has 0 saturated carbocycles. The molecule has 0 saturated heterocycles. The summed E-state index contributed by atoms with van der Waals surface area (Å²) in [6.45, 7) is 3.51. The Bertz CT molecular complexity index is 849. The summed E-state index contributed by atoms with van der Waals surface area (Å²) in [5.41, 5.74) is 0.0517. The number of aromatic nitrogens is 1. The lowest BCUT2D eigenvalue weighted by atomic mass is 10.1. The number of hydrogen-bond acceptors (Lipinski definition) is 8. The lowest BCUT2D eigenvalue weighted by Crippen LogP contribution is -2.26. The number of thiazole rings is 1. The van der Waals surface area contributed by atoms with Crippen LogP contribution in [-0.2, 0) is 4.79 Å². The minimum atomic E-state index is -0.670. The molecule has 0 aliphatic heterocycles. The van der Waals surface area contributed by atoms with Gasteiger partial charge in [0.25, 0.3) is 11.8 Å². The average Bonchev–Trinajstić information content (AvgIpc) is 3.06. The van der Waals surface area contributed by atoms with Gasteiger partial charge >= 0.3 is 5.97 Å². The summed E-state index contributed by atoms with van der Waals surface area (Å²) in [5, 5.41) is 8.14. The standard InChI is InChI=1S/C16H16N4O5S/c1-3-7-17-14(22)10-5-4-6-11(13(10)25-9(2)21)15(23)19-16-18-8-12(20-24)26-16/h4-6,8H,3,7H2,1-2H3,(H,17,22)(H,18,19,23). The summed E-state index contributed by atoms with van der Waals surface area (Å²) in [6, 6.07) is 4.37. The molecular formula is C16H16N4O5S. The van der Waals surface area contributed by atoms with Gasteiger partial charge in [-0.3, -0.25) is 19.7 Å². The maximum atomic E-state index is 12.5. The van der Waals surface area contributed by atoms with E-state index in [0.717, 1.165) is 17.8 Å². The Morgan fingerprint density at radius 1 is 1.23 bits per heavy atom. The number of amides is 2. The number of carbonyl (C=O) groups is 3. The minimum Gasteiger partial charge on any atom is -0.425 e. The normalized spacial score (nSPS) is 10.1. The number of para-hydroxylation sites is 1. The van der Waals surface area contributed by atoms with Gasteiger partial charge in [-0.2, -0.15) is 0 Å². The van der Waals surface area contributed by atoms with Crippen LogP contribution in [0, 0.1) is 4.91 Å². The van der Waals surface area contributed by atoms with Gasteiger partial charge in [-0.15, -0.1) is 4.91 Å². The van der Waals surface area contributed by atoms with Gasteiger partial charge in [0.05, 0.1) is 17.3 Å². The third-order valence-electron chi connectivity index (χ3n) is 3.09. The molecule has 1 aromatic heterocycles. The predicted octanol–water partition coefficient (Wildman–Crippen LogP) is 2.86. The van der Waals surface area contributed by atoms with E-state index in [-0.39, 0.29) is 27.0 Å². The van der Waals surface area contributed by atoms with E-state index in [2.05, 4.69) is 20.8 Å². The van der Waals surface area contributed by atoms with Crippen LogP contribution in [0.2, 0.25) is 0 Å². The molecule has 2 N–H and O–H groups in total. The fourth-order valence-electron chi connectivity index (χ4n) is 2.01. The lowest BCUT2D eigenvalue weighted by Gasteiger charge is -2.13. The zero-order valence-electron chi connectivity index (χ0n) is 14.1. The second-order valence-corrected chi connectivity index (χ2v) is 6.09. The molecule has 2 aromatic rings. The van der Waals surface area contributed by atoms with E-state index in [9.17, 15) is 19.3 Å². The van der Waals surface area contributed by atoms with Crippen LogP contribution < -0.4 is 15.4 Å². The SMILES string of the molecule is CCCNC(=O)c1cccc(C(=O)Nc2ncc(N=O)s2)c1OC(C)=O. The van der Waals surface area contributed by atoms with Gasteiger partial charge < -0.3 is 10.1 Å². The molecule has 0 radical (unpaired) electrons. The van der Waals surface area contributed by atoms with Gasteiger partial charge in [0, 0.05) is 13.5 Å². The van der Waals surface area contributed by atoms with E-state index in [1.165, 1.54) is 31.3 Å². The highest BCUT2D eigenvalue weighted by Crippen LogP contribution is 2.29. The van der Waals surface area contributed by atoms with Crippen molar-refractivity contribution in [1.29, 1.82) is 0 Å². The van der Waals surface area contributed by atoms with Crippen molar-refractivity contribution in [1.82, 2.24) is 10.3 Å². The molecule has 1 heterocycles. The van der Waals surface area contributed by atoms with Gasteiger partial charge in [-0.1, -0.05) is 24.3 Å². The second-order valence-electron chi connectivity index (χ2n) is 5.08. The van der Waals surface area contributed by atoms with Crippen molar-refractivity contribution in [2.45, 2.75) is 20.3 Å². The zero-order valence-corrected chi connectivity index (χ0v) is 14.9. The van der Waals surface area contributed by atoms with Crippen molar-refractivity contribution >= 4 is 39.3 Å². The van der Waals surface area contributed by atoms with Crippen molar-refractivity contribution in [3.63, 3.8) is 0 Å². The highest BCUT2D eigenvalue weighted by Gasteiger charge is 2.22. The Morgan fingerprint density at radius 2 is 1.92 bits per heavy atom. The Kier molecular flexibility index (Phi) is 6.50. The Labute approximate surface area is 152 Å². The Hall–Kier alpha value is -3.14. The number of esters is 1. The van der Waals surface area contributed by atoms with Gasteiger partial charge in [0.2, 0.25) is 0 Å². The van der Waals surface area contributed by atoms with E-state index >= 15 is 0 Å². The number of benzene rings is 1. The minimum absolute atomic E-state index is 0.0137. The van der Waals surface area contributed by atoms with Gasteiger partial charge in [-0.25, -0.2) is 4.98 Å². The Balaban J connectivity index is 2.36. The highest BCUT2D eigenvalue weighted by molar-refractivity contribution is 7.19. The van der Waals surface area contributed by atoms with Crippen LogP contribution in [0.1, 0.15) is 41.0 Å². The van der Waals surface area contributed by atoms with Crippen LogP contribution in [0.4, 0.5) is 10.1 Å². The number of nitrogens with zero attached hydrogens (tertiary/aromatic N) is 2. The molecule has 26 heavy (non-hydrogen) atoms. The Morgan fingerprint density at radius 3 is 2.50 bits per heavy atom. The number of rotatable bonds is 7. The van der Waals surface area contributed by atoms with Crippen molar-refractivity contribution in [2.24, 2.45) is 5.18 Å². The summed E-state index contributed by atoms with van der Waals surface area (Å²) >= 11 is 0.888. The van der Waals surface area contributed by atoms with E-state index in [0.29, 0.717) is 6.54 Å². The largest absolute Gasteiger partial charge is 0.425 e. The lowest BCUT2D eigenvalue weighted by molar-refractivity contribution is -0.131. The summed E-state index contributed by atoms with van der Waals surface area (Å²) in [4.78, 5) is 50.6. The van der Waals surface area contributed by atoms with Crippen LogP contribution in [0.3, 0.4) is 0 Å². The van der Waals surface area contributed by atoms with E-state index in [1.54, 1.807) is 0 Å². The molecule has 0 unspecified atom stereocenters. The molecule has 2 rings (SSSR count). The zero-order chi connectivity index (χ0) is 19.1. The highest BCUT2D eigenvalue weighted by atomic mass is 32.1. The number of hydrogen-bond donors (Lipinski definition) is 2. The molecule has 0 aliphatic rings. The second kappa shape index (κ2) is 8.81. The molecular weight excluding hydrogens is 360 g/mol. The number of ether oxygens (including phenoxy) is 1. The molecule has 10 heteroatoms. The summed E-state index contributed by atoms with van der Waals surface area (Å²) in [5.74, 6) is -1.91. The van der Waals surface area contributed by atoms with Crippen molar-refractivity contribution in [3.8, 4) is 5.75 Å². The van der Waals surface area contributed by atoms with Gasteiger partial charge in [0.15, 0.2) is 15.9 Å². The third-order valence-corrected chi connectivity index (χ3v) is 3.88. The van der Waals surface area contributed by atoms with Crippen molar-refractivity contribution in [2.75, 3.05) is 11.9 Å². The third kappa shape index (κ3) is 4.70. The summed E-state index contributed by atoms with van der Waals surface area (Å²) < 4.78 is 5.12. The monoisotopic (exact) mass is 376 g/mol. The number of carbonyl (C=O) groups excluding carboxylic acids is 3. The van der Waals surface area contributed by atoms with E-state index < -0.39 is 17.8 Å². The van der Waals surface area contributed by atoms with Crippen LogP contribution in [-0.4, -0.2) is 29.3 Å². The van der Waals surface area contributed by atoms with Gasteiger partial charge in [-0.05, 0) is 23.7 Å². The first-order valence-corrected chi connectivity index (χ1v) is 8.48. The topological polar surface area (TPSA) is 127 Å². The van der Waals surface area contributed by atoms with Crippen molar-refractivity contribution in [3.05, 3.63) is 40.4 Å². The quantitative estimate of drug-likeness (QED) is 0.434. The number of nitrogens with one attached hydrogen (secondary N) is 2. The molecule has 0 spiro atoms. The molecule has 2 amide bonds. The molecule has 0 aliphatic carbocycles. The van der Waals surface area contributed by atoms with Crippen molar-refractivity contribution < 1.29 is 19.1 Å². The first-order chi connectivity index (χ1) is 12.5. The first kappa shape index (κ1) is 19.2. The smallest absolute Gasteiger partial charge is 0.308 e. The predicted molar refractivity (Wildman–Crippen MR) is 95.9 cm³/mol. The maximum Gasteiger partial charge on any atom is 0.308 e. The molecule has 136 valence electrons. The van der Waals surface area contributed by atoms with Gasteiger partial charge in [0.1, 0.15) is 0 Å². The summed E-state index contributed by atoms with van der Waals surface area (Å²) in [7, 11) is 0. The average molecular weight is 376 g/mol. The molecule has 1 aromatic carbocycles. The van der Waals surface area contributed by atoms with Crippen LogP contribution in [0.15, 0.2) is 29.6 Å². The summed E-state index contributed by atoms with van der Waals surface area (Å²) in [6.07, 6.45) is 1.95. The van der Waals surface area contributed by atoms with E-state index in [1.807, 2.05) is 6.92 Å². The molecule has 9 nitrogen and oxygen atoms in total. The fraction of sp³-hybridized carbons (Fsp3) is 0.250.